The Balaban J connectivity index is 3.15. The van der Waals surface area contributed by atoms with E-state index in [2.05, 4.69) is 44.0 Å². The molecule has 0 saturated carbocycles. The topological polar surface area (TPSA) is 12.4 Å². The van der Waals surface area contributed by atoms with Gasteiger partial charge in [0.15, 0.2) is 0 Å². The molecule has 0 aliphatic rings. The number of hydrogen-bond acceptors (Lipinski definition) is 1. The van der Waals surface area contributed by atoms with Crippen LogP contribution in [0.25, 0.3) is 0 Å². The minimum atomic E-state index is 1.14. The highest BCUT2D eigenvalue weighted by Gasteiger charge is 2.04. The summed E-state index contributed by atoms with van der Waals surface area (Å²) in [7, 11) is 1.85. The van der Waals surface area contributed by atoms with Crippen LogP contribution >= 0.6 is 0 Å². The molecule has 0 spiro atoms. The standard InChI is InChI=1S/C13H19N/c1-5-6-12-8-7-10(2)9-13(12)11(3)14-4/h7-9H,5-6H2,1-4H3. The molecule has 1 heteroatoms. The van der Waals surface area contributed by atoms with Gasteiger partial charge >= 0.3 is 0 Å². The molecule has 0 bridgehead atoms. The molecule has 0 unspecified atom stereocenters. The molecule has 76 valence electrons. The van der Waals surface area contributed by atoms with Crippen LogP contribution in [0.5, 0.6) is 0 Å². The molecular weight excluding hydrogens is 170 g/mol. The van der Waals surface area contributed by atoms with Crippen LogP contribution in [-0.2, 0) is 6.42 Å². The molecule has 14 heavy (non-hydrogen) atoms. The molecule has 0 atom stereocenters. The van der Waals surface area contributed by atoms with Gasteiger partial charge in [0, 0.05) is 12.8 Å². The van der Waals surface area contributed by atoms with Gasteiger partial charge in [-0.1, -0.05) is 31.0 Å². The smallest absolute Gasteiger partial charge is 0.0389 e. The fourth-order valence-electron chi connectivity index (χ4n) is 1.63. The first-order valence-corrected chi connectivity index (χ1v) is 5.22. The Hall–Kier alpha value is -1.11. The Kier molecular flexibility index (Phi) is 3.87. The first-order valence-electron chi connectivity index (χ1n) is 5.22. The monoisotopic (exact) mass is 189 g/mol. The average Bonchev–Trinajstić information content (AvgIpc) is 2.20. The number of nitrogens with zero attached hydrogens (tertiary/aromatic N) is 1. The molecule has 1 rings (SSSR count). The van der Waals surface area contributed by atoms with Crippen molar-refractivity contribution in [3.63, 3.8) is 0 Å². The van der Waals surface area contributed by atoms with E-state index < -0.39 is 0 Å². The Morgan fingerprint density at radius 1 is 1.36 bits per heavy atom. The Morgan fingerprint density at radius 3 is 2.64 bits per heavy atom. The summed E-state index contributed by atoms with van der Waals surface area (Å²) in [6, 6.07) is 6.63. The first-order chi connectivity index (χ1) is 6.69. The largest absolute Gasteiger partial charge is 0.293 e. The Labute approximate surface area is 86.9 Å². The van der Waals surface area contributed by atoms with E-state index in [4.69, 9.17) is 0 Å². The molecule has 0 heterocycles. The summed E-state index contributed by atoms with van der Waals surface area (Å²) in [5, 5.41) is 0. The molecule has 0 amide bonds. The van der Waals surface area contributed by atoms with Gasteiger partial charge in [0.25, 0.3) is 0 Å². The minimum absolute atomic E-state index is 1.14. The van der Waals surface area contributed by atoms with E-state index in [1.165, 1.54) is 23.1 Å². The normalized spacial score (nSPS) is 11.9. The predicted octanol–water partition coefficient (Wildman–Crippen LogP) is 3.39. The molecule has 0 aromatic heterocycles. The molecule has 0 fully saturated rings. The van der Waals surface area contributed by atoms with Crippen molar-refractivity contribution in [2.45, 2.75) is 33.6 Å². The van der Waals surface area contributed by atoms with Crippen LogP contribution in [0.2, 0.25) is 0 Å². The van der Waals surface area contributed by atoms with Crippen LogP contribution in [0.4, 0.5) is 0 Å². The van der Waals surface area contributed by atoms with Crippen LogP contribution in [0.15, 0.2) is 23.2 Å². The van der Waals surface area contributed by atoms with Gasteiger partial charge in [0.2, 0.25) is 0 Å². The third-order valence-electron chi connectivity index (χ3n) is 2.51. The number of aryl methyl sites for hydroxylation is 2. The molecule has 0 N–H and O–H groups in total. The summed E-state index contributed by atoms with van der Waals surface area (Å²) in [4.78, 5) is 4.26. The zero-order valence-corrected chi connectivity index (χ0v) is 9.59. The fraction of sp³-hybridized carbons (Fsp3) is 0.462. The molecule has 0 aliphatic carbocycles. The summed E-state index contributed by atoms with van der Waals surface area (Å²) < 4.78 is 0. The highest BCUT2D eigenvalue weighted by molar-refractivity contribution is 6.00. The molecule has 0 saturated heterocycles. The van der Waals surface area contributed by atoms with Crippen LogP contribution in [0.3, 0.4) is 0 Å². The van der Waals surface area contributed by atoms with E-state index in [1.54, 1.807) is 0 Å². The highest BCUT2D eigenvalue weighted by Crippen LogP contribution is 2.14. The zero-order valence-electron chi connectivity index (χ0n) is 9.59. The second-order valence-electron chi connectivity index (χ2n) is 3.72. The SMILES string of the molecule is CCCc1ccc(C)cc1C(C)=NC. The van der Waals surface area contributed by atoms with Crippen molar-refractivity contribution < 1.29 is 0 Å². The Bertz CT molecular complexity index is 337. The molecular formula is C13H19N. The predicted molar refractivity (Wildman–Crippen MR) is 63.3 cm³/mol. The molecule has 1 aromatic rings. The van der Waals surface area contributed by atoms with E-state index in [9.17, 15) is 0 Å². The zero-order chi connectivity index (χ0) is 10.6. The van der Waals surface area contributed by atoms with Crippen molar-refractivity contribution in [2.24, 2.45) is 4.99 Å². The maximum absolute atomic E-state index is 4.26. The van der Waals surface area contributed by atoms with E-state index in [-0.39, 0.29) is 0 Å². The van der Waals surface area contributed by atoms with Gasteiger partial charge in [-0.2, -0.15) is 0 Å². The van der Waals surface area contributed by atoms with Gasteiger partial charge in [-0.15, -0.1) is 0 Å². The van der Waals surface area contributed by atoms with Gasteiger partial charge < -0.3 is 0 Å². The van der Waals surface area contributed by atoms with Gasteiger partial charge in [0.05, 0.1) is 0 Å². The molecule has 0 radical (unpaired) electrons. The van der Waals surface area contributed by atoms with Crippen molar-refractivity contribution in [2.75, 3.05) is 7.05 Å². The van der Waals surface area contributed by atoms with Gasteiger partial charge in [-0.05, 0) is 37.5 Å². The maximum atomic E-state index is 4.26. The quantitative estimate of drug-likeness (QED) is 0.646. The van der Waals surface area contributed by atoms with Crippen molar-refractivity contribution >= 4 is 5.71 Å². The number of benzene rings is 1. The van der Waals surface area contributed by atoms with Crippen LogP contribution < -0.4 is 0 Å². The van der Waals surface area contributed by atoms with Crippen molar-refractivity contribution in [3.05, 3.63) is 34.9 Å². The van der Waals surface area contributed by atoms with E-state index >= 15 is 0 Å². The third-order valence-corrected chi connectivity index (χ3v) is 2.51. The van der Waals surface area contributed by atoms with Gasteiger partial charge in [0.1, 0.15) is 0 Å². The van der Waals surface area contributed by atoms with Gasteiger partial charge in [-0.3, -0.25) is 4.99 Å². The second kappa shape index (κ2) is 4.94. The summed E-state index contributed by atoms with van der Waals surface area (Å²) in [5.41, 5.74) is 5.18. The summed E-state index contributed by atoms with van der Waals surface area (Å²) in [6.45, 7) is 6.41. The van der Waals surface area contributed by atoms with E-state index in [1.807, 2.05) is 7.05 Å². The highest BCUT2D eigenvalue weighted by atomic mass is 14.7. The lowest BCUT2D eigenvalue weighted by Gasteiger charge is -2.09. The third kappa shape index (κ3) is 2.44. The van der Waals surface area contributed by atoms with Crippen LogP contribution in [-0.4, -0.2) is 12.8 Å². The molecule has 1 nitrogen and oxygen atoms in total. The van der Waals surface area contributed by atoms with E-state index in [0.29, 0.717) is 0 Å². The number of hydrogen-bond donors (Lipinski definition) is 0. The summed E-state index contributed by atoms with van der Waals surface area (Å²) in [5.74, 6) is 0. The van der Waals surface area contributed by atoms with Crippen molar-refractivity contribution in [3.8, 4) is 0 Å². The van der Waals surface area contributed by atoms with Crippen LogP contribution in [0.1, 0.15) is 37.0 Å². The minimum Gasteiger partial charge on any atom is -0.293 e. The number of rotatable bonds is 3. The second-order valence-corrected chi connectivity index (χ2v) is 3.72. The van der Waals surface area contributed by atoms with Gasteiger partial charge in [-0.25, -0.2) is 0 Å². The summed E-state index contributed by atoms with van der Waals surface area (Å²) >= 11 is 0. The summed E-state index contributed by atoms with van der Waals surface area (Å²) in [6.07, 6.45) is 2.33. The first kappa shape index (κ1) is 11.0. The lowest BCUT2D eigenvalue weighted by Crippen LogP contribution is -2.01. The van der Waals surface area contributed by atoms with Crippen molar-refractivity contribution in [1.29, 1.82) is 0 Å². The average molecular weight is 189 g/mol. The molecule has 1 aromatic carbocycles. The lowest BCUT2D eigenvalue weighted by molar-refractivity contribution is 0.918. The van der Waals surface area contributed by atoms with Crippen molar-refractivity contribution in [1.82, 2.24) is 0 Å². The lowest BCUT2D eigenvalue weighted by atomic mass is 9.98. The number of aliphatic imine (C=N–C) groups is 1. The molecule has 0 aliphatic heterocycles. The van der Waals surface area contributed by atoms with Crippen LogP contribution in [0, 0.1) is 6.92 Å². The maximum Gasteiger partial charge on any atom is 0.0389 e. The van der Waals surface area contributed by atoms with E-state index in [0.717, 1.165) is 12.1 Å². The Morgan fingerprint density at radius 2 is 2.07 bits per heavy atom. The fourth-order valence-corrected chi connectivity index (χ4v) is 1.63.